The molecule has 0 spiro atoms. The molecule has 0 N–H and O–H groups in total. The third kappa shape index (κ3) is 3.32. The van der Waals surface area contributed by atoms with E-state index in [1.807, 2.05) is 66.1 Å². The Morgan fingerprint density at radius 1 is 0.909 bits per heavy atom. The van der Waals surface area contributed by atoms with Gasteiger partial charge in [-0.1, -0.05) is 37.3 Å². The summed E-state index contributed by atoms with van der Waals surface area (Å²) in [5, 5.41) is 8.76. The molecule has 0 fully saturated rings. The summed E-state index contributed by atoms with van der Waals surface area (Å²) < 4.78 is 12.1. The van der Waals surface area contributed by atoms with Crippen LogP contribution in [0.2, 0.25) is 0 Å². The molecule has 0 saturated carbocycles. The van der Waals surface area contributed by atoms with Crippen LogP contribution in [0.25, 0.3) is 28.3 Å². The largest absolute Gasteiger partial charge is 0.489 e. The minimum Gasteiger partial charge on any atom is -0.489 e. The van der Waals surface area contributed by atoms with Crippen LogP contribution < -0.4 is 16.0 Å². The molecule has 0 bridgehead atoms. The van der Waals surface area contributed by atoms with E-state index in [9.17, 15) is 9.59 Å². The molecule has 0 amide bonds. The zero-order chi connectivity index (χ0) is 23.1. The minimum absolute atomic E-state index is 0.345. The molecule has 9 nitrogen and oxygen atoms in total. The van der Waals surface area contributed by atoms with Gasteiger partial charge in [0.15, 0.2) is 17.0 Å². The van der Waals surface area contributed by atoms with Gasteiger partial charge in [-0.3, -0.25) is 13.9 Å². The predicted molar refractivity (Wildman–Crippen MR) is 125 cm³/mol. The zero-order valence-electron chi connectivity index (χ0n) is 18.7. The van der Waals surface area contributed by atoms with E-state index in [2.05, 4.69) is 10.2 Å². The number of hydrogen-bond donors (Lipinski definition) is 0. The molecule has 9 heteroatoms. The first-order valence-corrected chi connectivity index (χ1v) is 10.8. The van der Waals surface area contributed by atoms with E-state index in [0.717, 1.165) is 27.9 Å². The average molecular weight is 444 g/mol. The molecule has 0 saturated heterocycles. The monoisotopic (exact) mass is 444 g/mol. The van der Waals surface area contributed by atoms with Gasteiger partial charge < -0.3 is 9.30 Å². The van der Waals surface area contributed by atoms with Crippen molar-refractivity contribution in [3.63, 3.8) is 0 Å². The molecule has 0 unspecified atom stereocenters. The molecule has 3 heterocycles. The second-order valence-electron chi connectivity index (χ2n) is 7.99. The van der Waals surface area contributed by atoms with Crippen LogP contribution in [0.5, 0.6) is 5.75 Å². The van der Waals surface area contributed by atoms with Crippen molar-refractivity contribution in [3.05, 3.63) is 81.0 Å². The van der Waals surface area contributed by atoms with Gasteiger partial charge in [-0.05, 0) is 36.2 Å². The van der Waals surface area contributed by atoms with Crippen molar-refractivity contribution in [2.75, 3.05) is 0 Å². The number of rotatable bonds is 6. The highest BCUT2D eigenvalue weighted by Crippen LogP contribution is 2.26. The fraction of sp³-hybridized carbons (Fsp3) is 0.250. The lowest BCUT2D eigenvalue weighted by atomic mass is 10.2. The van der Waals surface area contributed by atoms with Gasteiger partial charge in [0, 0.05) is 26.2 Å². The SMILES string of the molecule is CCCn1c2c(=O)n(C)c(=O)n(C)c2n2c(-c3ccc(OCc4ccccc4)cc3)nnc12. The van der Waals surface area contributed by atoms with Crippen LogP contribution in [-0.2, 0) is 27.2 Å². The first kappa shape index (κ1) is 20.7. The van der Waals surface area contributed by atoms with E-state index in [4.69, 9.17) is 4.74 Å². The Morgan fingerprint density at radius 2 is 1.64 bits per heavy atom. The van der Waals surface area contributed by atoms with Crippen LogP contribution in [0.15, 0.2) is 64.2 Å². The lowest BCUT2D eigenvalue weighted by Gasteiger charge is -2.08. The van der Waals surface area contributed by atoms with E-state index >= 15 is 0 Å². The summed E-state index contributed by atoms with van der Waals surface area (Å²) in [6.07, 6.45) is 0.807. The third-order valence-corrected chi connectivity index (χ3v) is 5.79. The lowest BCUT2D eigenvalue weighted by Crippen LogP contribution is -2.37. The molecule has 0 aliphatic carbocycles. The number of imidazole rings is 1. The third-order valence-electron chi connectivity index (χ3n) is 5.79. The predicted octanol–water partition coefficient (Wildman–Crippen LogP) is 2.74. The van der Waals surface area contributed by atoms with Crippen LogP contribution in [0.1, 0.15) is 18.9 Å². The summed E-state index contributed by atoms with van der Waals surface area (Å²) in [5.74, 6) is 1.82. The van der Waals surface area contributed by atoms with Crippen LogP contribution in [-0.4, -0.2) is 28.3 Å². The number of ether oxygens (including phenoxy) is 1. The number of aromatic nitrogens is 6. The van der Waals surface area contributed by atoms with Gasteiger partial charge >= 0.3 is 5.69 Å². The number of aryl methyl sites for hydroxylation is 2. The Bertz CT molecular complexity index is 1570. The standard InChI is InChI=1S/C24H24N6O3/c1-4-14-29-19-21(27(2)24(32)28(3)22(19)31)30-20(25-26-23(29)30)17-10-12-18(13-11-17)33-15-16-8-6-5-7-9-16/h5-13H,4,14-15H2,1-3H3. The maximum Gasteiger partial charge on any atom is 0.332 e. The van der Waals surface area contributed by atoms with Crippen molar-refractivity contribution in [3.8, 4) is 17.1 Å². The van der Waals surface area contributed by atoms with Crippen molar-refractivity contribution in [1.29, 1.82) is 0 Å². The number of fused-ring (bicyclic) bond motifs is 3. The second-order valence-corrected chi connectivity index (χ2v) is 7.99. The highest BCUT2D eigenvalue weighted by molar-refractivity contribution is 5.79. The van der Waals surface area contributed by atoms with Crippen molar-refractivity contribution < 1.29 is 4.74 Å². The van der Waals surface area contributed by atoms with Crippen LogP contribution in [0.3, 0.4) is 0 Å². The fourth-order valence-electron chi connectivity index (χ4n) is 4.12. The van der Waals surface area contributed by atoms with Crippen LogP contribution in [0, 0.1) is 0 Å². The van der Waals surface area contributed by atoms with Gasteiger partial charge in [0.25, 0.3) is 5.56 Å². The summed E-state index contributed by atoms with van der Waals surface area (Å²) in [7, 11) is 3.15. The average Bonchev–Trinajstić information content (AvgIpc) is 3.40. The van der Waals surface area contributed by atoms with Crippen molar-refractivity contribution in [1.82, 2.24) is 28.3 Å². The summed E-state index contributed by atoms with van der Waals surface area (Å²) in [6, 6.07) is 17.5. The summed E-state index contributed by atoms with van der Waals surface area (Å²) in [4.78, 5) is 25.7. The van der Waals surface area contributed by atoms with Gasteiger partial charge in [0.2, 0.25) is 5.78 Å². The van der Waals surface area contributed by atoms with E-state index in [1.165, 1.54) is 11.6 Å². The smallest absolute Gasteiger partial charge is 0.332 e. The molecule has 5 rings (SSSR count). The van der Waals surface area contributed by atoms with Gasteiger partial charge in [0.05, 0.1) is 0 Å². The number of nitrogens with zero attached hydrogens (tertiary/aromatic N) is 6. The molecule has 3 aromatic heterocycles. The van der Waals surface area contributed by atoms with Crippen molar-refractivity contribution >= 4 is 16.9 Å². The number of benzene rings is 2. The molecule has 0 radical (unpaired) electrons. The van der Waals surface area contributed by atoms with Gasteiger partial charge in [-0.2, -0.15) is 0 Å². The molecular weight excluding hydrogens is 420 g/mol. The Labute approximate surface area is 189 Å². The quantitative estimate of drug-likeness (QED) is 0.402. The number of hydrogen-bond acceptors (Lipinski definition) is 5. The fourth-order valence-corrected chi connectivity index (χ4v) is 4.12. The van der Waals surface area contributed by atoms with Crippen LogP contribution >= 0.6 is 0 Å². The first-order valence-electron chi connectivity index (χ1n) is 10.8. The van der Waals surface area contributed by atoms with Crippen LogP contribution in [0.4, 0.5) is 0 Å². The topological polar surface area (TPSA) is 88.4 Å². The maximum atomic E-state index is 13.0. The molecule has 0 aliphatic heterocycles. The first-order chi connectivity index (χ1) is 16.0. The second kappa shape index (κ2) is 8.09. The van der Waals surface area contributed by atoms with Crippen molar-refractivity contribution in [2.24, 2.45) is 14.1 Å². The highest BCUT2D eigenvalue weighted by atomic mass is 16.5. The molecule has 2 aromatic carbocycles. The van der Waals surface area contributed by atoms with Crippen molar-refractivity contribution in [2.45, 2.75) is 26.5 Å². The Kier molecular flexibility index (Phi) is 5.08. The van der Waals surface area contributed by atoms with Gasteiger partial charge in [-0.25, -0.2) is 9.20 Å². The molecule has 0 aliphatic rings. The Morgan fingerprint density at radius 3 is 2.33 bits per heavy atom. The van der Waals surface area contributed by atoms with E-state index < -0.39 is 5.69 Å². The molecule has 33 heavy (non-hydrogen) atoms. The normalized spacial score (nSPS) is 11.5. The molecule has 0 atom stereocenters. The highest BCUT2D eigenvalue weighted by Gasteiger charge is 2.23. The summed E-state index contributed by atoms with van der Waals surface area (Å²) in [5.41, 5.74) is 2.08. The Hall–Kier alpha value is -4.14. The van der Waals surface area contributed by atoms with Gasteiger partial charge in [0.1, 0.15) is 12.4 Å². The molecule has 168 valence electrons. The summed E-state index contributed by atoms with van der Waals surface area (Å²) in [6.45, 7) is 3.09. The minimum atomic E-state index is -0.396. The van der Waals surface area contributed by atoms with E-state index in [1.54, 1.807) is 11.4 Å². The van der Waals surface area contributed by atoms with E-state index in [-0.39, 0.29) is 5.56 Å². The zero-order valence-corrected chi connectivity index (χ0v) is 18.7. The van der Waals surface area contributed by atoms with Gasteiger partial charge in [-0.15, -0.1) is 10.2 Å². The summed E-state index contributed by atoms with van der Waals surface area (Å²) >= 11 is 0. The maximum absolute atomic E-state index is 13.0. The lowest BCUT2D eigenvalue weighted by molar-refractivity contribution is 0.306. The molecular formula is C24H24N6O3. The molecule has 5 aromatic rings. The Balaban J connectivity index is 1.61. The van der Waals surface area contributed by atoms with E-state index in [0.29, 0.717) is 35.9 Å².